The summed E-state index contributed by atoms with van der Waals surface area (Å²) in [5.41, 5.74) is -2.22. The van der Waals surface area contributed by atoms with E-state index in [-0.39, 0.29) is 58.8 Å². The maximum atomic E-state index is 12.9. The van der Waals surface area contributed by atoms with E-state index in [0.717, 1.165) is 19.3 Å². The Balaban J connectivity index is 1.19. The molecule has 8 rings (SSSR count). The predicted molar refractivity (Wildman–Crippen MR) is 170 cm³/mol. The molecule has 17 unspecified atom stereocenters. The van der Waals surface area contributed by atoms with Crippen LogP contribution in [-0.4, -0.2) is 105 Å². The molecule has 3 saturated heterocycles. The van der Waals surface area contributed by atoms with Crippen LogP contribution in [0.4, 0.5) is 0 Å². The van der Waals surface area contributed by atoms with Crippen LogP contribution < -0.4 is 0 Å². The summed E-state index contributed by atoms with van der Waals surface area (Å²) in [6, 6.07) is 0. The van der Waals surface area contributed by atoms with Gasteiger partial charge in [-0.1, -0.05) is 46.3 Å². The highest BCUT2D eigenvalue weighted by Gasteiger charge is 2.89. The van der Waals surface area contributed by atoms with Crippen molar-refractivity contribution in [3.8, 4) is 0 Å². The number of aliphatic hydroxyl groups excluding tert-OH is 4. The van der Waals surface area contributed by atoms with Crippen LogP contribution in [0.1, 0.15) is 93.9 Å². The molecule has 3 heterocycles. The maximum absolute atomic E-state index is 12.9. The van der Waals surface area contributed by atoms with Gasteiger partial charge in [0.1, 0.15) is 36.6 Å². The SMILES string of the molecule is CC(=O)OC1CC23CC24CCC(OC2OCC(O)C(O)C2O)C(C)(C)C4CC=C3C2(C)C(O)C34OC(CC(C)C3C12C)C(C(C)(C)O)O4. The molecule has 270 valence electrons. The Hall–Kier alpha value is -1.15. The highest BCUT2D eigenvalue weighted by molar-refractivity contribution is 5.66. The van der Waals surface area contributed by atoms with Crippen molar-refractivity contribution in [3.63, 3.8) is 0 Å². The summed E-state index contributed by atoms with van der Waals surface area (Å²) in [5.74, 6) is -1.68. The van der Waals surface area contributed by atoms with E-state index in [4.69, 9.17) is 23.7 Å². The third kappa shape index (κ3) is 3.84. The average molecular weight is 677 g/mol. The van der Waals surface area contributed by atoms with E-state index in [1.807, 2.05) is 0 Å². The summed E-state index contributed by atoms with van der Waals surface area (Å²) < 4.78 is 32.1. The summed E-state index contributed by atoms with van der Waals surface area (Å²) in [4.78, 5) is 12.9. The van der Waals surface area contributed by atoms with Gasteiger partial charge >= 0.3 is 5.97 Å². The molecular weight excluding hydrogens is 620 g/mol. The smallest absolute Gasteiger partial charge is 0.302 e. The lowest BCUT2D eigenvalue weighted by Gasteiger charge is -2.62. The number of hydrogen-bond donors (Lipinski definition) is 5. The van der Waals surface area contributed by atoms with Gasteiger partial charge in [-0.15, -0.1) is 0 Å². The van der Waals surface area contributed by atoms with Gasteiger partial charge in [0.15, 0.2) is 12.1 Å². The monoisotopic (exact) mass is 676 g/mol. The molecule has 4 saturated carbocycles. The molecule has 3 spiro atoms. The number of carbonyl (C=O) groups excluding carboxylic acids is 1. The fourth-order valence-electron chi connectivity index (χ4n) is 13.5. The Labute approximate surface area is 283 Å². The van der Waals surface area contributed by atoms with Gasteiger partial charge in [0.2, 0.25) is 0 Å². The van der Waals surface area contributed by atoms with Crippen molar-refractivity contribution >= 4 is 5.97 Å². The van der Waals surface area contributed by atoms with Gasteiger partial charge < -0.3 is 49.2 Å². The topological polar surface area (TPSA) is 164 Å². The van der Waals surface area contributed by atoms with E-state index in [9.17, 15) is 30.3 Å². The fourth-order valence-corrected chi connectivity index (χ4v) is 13.5. The molecule has 3 aliphatic heterocycles. The van der Waals surface area contributed by atoms with Crippen LogP contribution in [0.15, 0.2) is 11.6 Å². The zero-order valence-electron chi connectivity index (χ0n) is 29.6. The quantitative estimate of drug-likeness (QED) is 0.220. The van der Waals surface area contributed by atoms with Gasteiger partial charge in [-0.3, -0.25) is 4.79 Å². The Bertz CT molecular complexity index is 1410. The molecule has 2 bridgehead atoms. The second kappa shape index (κ2) is 10.0. The molecular formula is C37H56O11. The number of hydrogen-bond acceptors (Lipinski definition) is 11. The number of esters is 1. The van der Waals surface area contributed by atoms with Crippen molar-refractivity contribution in [2.45, 2.75) is 160 Å². The first-order chi connectivity index (χ1) is 22.2. The van der Waals surface area contributed by atoms with Gasteiger partial charge in [-0.25, -0.2) is 0 Å². The number of rotatable bonds is 4. The molecule has 11 nitrogen and oxygen atoms in total. The van der Waals surface area contributed by atoms with Crippen molar-refractivity contribution in [3.05, 3.63) is 11.6 Å². The molecule has 0 aromatic rings. The number of aliphatic hydroxyl groups is 5. The van der Waals surface area contributed by atoms with E-state index in [1.54, 1.807) is 13.8 Å². The second-order valence-electron chi connectivity index (χ2n) is 18.5. The molecule has 17 atom stereocenters. The summed E-state index contributed by atoms with van der Waals surface area (Å²) >= 11 is 0. The Kier molecular flexibility index (Phi) is 7.10. The largest absolute Gasteiger partial charge is 0.462 e. The zero-order chi connectivity index (χ0) is 34.8. The lowest BCUT2D eigenvalue weighted by Crippen LogP contribution is -2.62. The first-order valence-corrected chi connectivity index (χ1v) is 18.2. The normalized spacial score (nSPS) is 57.7. The summed E-state index contributed by atoms with van der Waals surface area (Å²) in [7, 11) is 0. The number of fused-ring (bicyclic) bond motifs is 4. The Morgan fingerprint density at radius 2 is 1.75 bits per heavy atom. The van der Waals surface area contributed by atoms with Gasteiger partial charge in [0, 0.05) is 29.1 Å². The molecule has 0 aromatic carbocycles. The Morgan fingerprint density at radius 1 is 1.04 bits per heavy atom. The molecule has 7 fully saturated rings. The van der Waals surface area contributed by atoms with Crippen LogP contribution in [0.5, 0.6) is 0 Å². The van der Waals surface area contributed by atoms with Crippen molar-refractivity contribution in [2.75, 3.05) is 6.61 Å². The molecule has 5 N–H and O–H groups in total. The minimum Gasteiger partial charge on any atom is -0.462 e. The highest BCUT2D eigenvalue weighted by atomic mass is 16.8. The molecule has 0 aromatic heterocycles. The van der Waals surface area contributed by atoms with E-state index in [1.165, 1.54) is 12.5 Å². The first-order valence-electron chi connectivity index (χ1n) is 18.2. The summed E-state index contributed by atoms with van der Waals surface area (Å²) in [5, 5.41) is 54.9. The average Bonchev–Trinajstić information content (AvgIpc) is 3.48. The minimum absolute atomic E-state index is 0.0818. The summed E-state index contributed by atoms with van der Waals surface area (Å²) in [6.45, 7) is 15.8. The molecule has 48 heavy (non-hydrogen) atoms. The van der Waals surface area contributed by atoms with Crippen LogP contribution in [0.25, 0.3) is 0 Å². The van der Waals surface area contributed by atoms with Crippen LogP contribution in [0.3, 0.4) is 0 Å². The molecule has 0 radical (unpaired) electrons. The van der Waals surface area contributed by atoms with E-state index in [2.05, 4.69) is 40.7 Å². The lowest BCUT2D eigenvalue weighted by atomic mass is 9.44. The number of allylic oxidation sites excluding steroid dienone is 1. The molecule has 8 aliphatic rings. The lowest BCUT2D eigenvalue weighted by molar-refractivity contribution is -0.301. The second-order valence-corrected chi connectivity index (χ2v) is 18.5. The standard InChI is InChI=1S/C37H56O11/c1-17-13-20-28(32(5,6)43)48-37(47-20)27(17)34(8)24(45-18(2)38)14-36-16-35(36)12-11-23(46-29-26(41)25(40)19(39)15-44-29)31(3,4)21(35)9-10-22(36)33(34,7)30(37)42/h10,17,19-21,23-30,39-43H,9,11-16H2,1-8H3. The van der Waals surface area contributed by atoms with Crippen molar-refractivity contribution < 1.29 is 54.0 Å². The highest BCUT2D eigenvalue weighted by Crippen LogP contribution is 2.89. The van der Waals surface area contributed by atoms with Crippen molar-refractivity contribution in [1.82, 2.24) is 0 Å². The van der Waals surface area contributed by atoms with Crippen molar-refractivity contribution in [2.24, 2.45) is 44.8 Å². The number of carbonyl (C=O) groups is 1. The van der Waals surface area contributed by atoms with Crippen LogP contribution in [0, 0.1) is 44.8 Å². The molecule has 5 aliphatic carbocycles. The van der Waals surface area contributed by atoms with Crippen LogP contribution >= 0.6 is 0 Å². The molecule has 11 heteroatoms. The Morgan fingerprint density at radius 3 is 2.42 bits per heavy atom. The number of ether oxygens (including phenoxy) is 5. The van der Waals surface area contributed by atoms with E-state index in [0.29, 0.717) is 19.3 Å². The van der Waals surface area contributed by atoms with Gasteiger partial charge in [0.05, 0.1) is 24.4 Å². The van der Waals surface area contributed by atoms with E-state index >= 15 is 0 Å². The maximum Gasteiger partial charge on any atom is 0.302 e. The third-order valence-electron chi connectivity index (χ3n) is 15.6. The van der Waals surface area contributed by atoms with Crippen LogP contribution in [0.2, 0.25) is 0 Å². The first kappa shape index (κ1) is 34.0. The van der Waals surface area contributed by atoms with Crippen LogP contribution in [-0.2, 0) is 28.5 Å². The third-order valence-corrected chi connectivity index (χ3v) is 15.6. The summed E-state index contributed by atoms with van der Waals surface area (Å²) in [6.07, 6.45) is -0.692. The van der Waals surface area contributed by atoms with Gasteiger partial charge in [-0.05, 0) is 75.0 Å². The van der Waals surface area contributed by atoms with Gasteiger partial charge in [-0.2, -0.15) is 0 Å². The minimum atomic E-state index is -1.35. The fraction of sp³-hybridized carbons (Fsp3) is 0.919. The van der Waals surface area contributed by atoms with Crippen molar-refractivity contribution in [1.29, 1.82) is 0 Å². The van der Waals surface area contributed by atoms with E-state index < -0.39 is 65.1 Å². The zero-order valence-corrected chi connectivity index (χ0v) is 29.6. The van der Waals surface area contributed by atoms with Gasteiger partial charge in [0.25, 0.3) is 0 Å². The predicted octanol–water partition coefficient (Wildman–Crippen LogP) is 2.58. The molecule has 0 amide bonds.